The summed E-state index contributed by atoms with van der Waals surface area (Å²) in [6.45, 7) is 6.65. The van der Waals surface area contributed by atoms with Crippen LogP contribution in [0.5, 0.6) is 0 Å². The first-order valence-electron chi connectivity index (χ1n) is 5.23. The number of hydrogen-bond donors (Lipinski definition) is 1. The molecule has 1 atom stereocenters. The molecule has 1 saturated heterocycles. The van der Waals surface area contributed by atoms with Crippen LogP contribution in [0, 0.1) is 5.92 Å². The molecular formula is C10H20N2O2. The minimum absolute atomic E-state index is 0.251. The fourth-order valence-electron chi connectivity index (χ4n) is 1.75. The van der Waals surface area contributed by atoms with E-state index < -0.39 is 5.97 Å². The normalized spacial score (nSPS) is 23.0. The van der Waals surface area contributed by atoms with E-state index in [0.717, 1.165) is 32.6 Å². The maximum atomic E-state index is 10.7. The van der Waals surface area contributed by atoms with Crippen molar-refractivity contribution in [3.8, 4) is 0 Å². The minimum Gasteiger partial charge on any atom is -0.481 e. The number of carbonyl (C=O) groups is 1. The monoisotopic (exact) mass is 200 g/mol. The van der Waals surface area contributed by atoms with Crippen LogP contribution in [0.2, 0.25) is 0 Å². The zero-order valence-electron chi connectivity index (χ0n) is 9.07. The second kappa shape index (κ2) is 5.32. The van der Waals surface area contributed by atoms with Crippen molar-refractivity contribution in [2.45, 2.75) is 13.3 Å². The Morgan fingerprint density at radius 2 is 2.07 bits per heavy atom. The van der Waals surface area contributed by atoms with Crippen molar-refractivity contribution in [2.75, 3.05) is 39.8 Å². The number of likely N-dealkylation sites (N-methyl/N-ethyl adjacent to an activating group) is 1. The van der Waals surface area contributed by atoms with Crippen LogP contribution in [0.3, 0.4) is 0 Å². The number of nitrogens with zero attached hydrogens (tertiary/aromatic N) is 2. The fourth-order valence-corrected chi connectivity index (χ4v) is 1.75. The van der Waals surface area contributed by atoms with Gasteiger partial charge in [0.25, 0.3) is 0 Å². The Morgan fingerprint density at radius 3 is 2.71 bits per heavy atom. The molecule has 0 saturated carbocycles. The van der Waals surface area contributed by atoms with Gasteiger partial charge in [-0.15, -0.1) is 0 Å². The molecule has 1 fully saturated rings. The lowest BCUT2D eigenvalue weighted by Crippen LogP contribution is -2.34. The van der Waals surface area contributed by atoms with Gasteiger partial charge in [0.15, 0.2) is 0 Å². The van der Waals surface area contributed by atoms with E-state index in [9.17, 15) is 4.79 Å². The second-order valence-corrected chi connectivity index (χ2v) is 4.20. The molecule has 0 spiro atoms. The molecule has 82 valence electrons. The van der Waals surface area contributed by atoms with E-state index in [2.05, 4.69) is 16.8 Å². The smallest absolute Gasteiger partial charge is 0.307 e. The summed E-state index contributed by atoms with van der Waals surface area (Å²) in [7, 11) is 2.12. The van der Waals surface area contributed by atoms with Crippen molar-refractivity contribution < 1.29 is 9.90 Å². The molecule has 0 bridgehead atoms. The molecule has 14 heavy (non-hydrogen) atoms. The minimum atomic E-state index is -0.692. The number of hydrogen-bond acceptors (Lipinski definition) is 3. The predicted molar refractivity (Wildman–Crippen MR) is 55.4 cm³/mol. The highest BCUT2D eigenvalue weighted by Gasteiger charge is 2.18. The average molecular weight is 200 g/mol. The van der Waals surface area contributed by atoms with Crippen molar-refractivity contribution in [2.24, 2.45) is 5.92 Å². The molecule has 4 nitrogen and oxygen atoms in total. The first-order valence-corrected chi connectivity index (χ1v) is 5.23. The van der Waals surface area contributed by atoms with E-state index in [1.54, 1.807) is 6.92 Å². The largest absolute Gasteiger partial charge is 0.481 e. The Morgan fingerprint density at radius 1 is 1.36 bits per heavy atom. The summed E-state index contributed by atoms with van der Waals surface area (Å²) < 4.78 is 0. The van der Waals surface area contributed by atoms with Crippen LogP contribution in [-0.4, -0.2) is 60.6 Å². The molecule has 1 unspecified atom stereocenters. The molecular weight excluding hydrogens is 180 g/mol. The van der Waals surface area contributed by atoms with Gasteiger partial charge in [0.2, 0.25) is 0 Å². The first-order chi connectivity index (χ1) is 6.59. The Labute approximate surface area is 85.5 Å². The maximum Gasteiger partial charge on any atom is 0.307 e. The summed E-state index contributed by atoms with van der Waals surface area (Å²) in [5.74, 6) is -0.944. The average Bonchev–Trinajstić information content (AvgIpc) is 2.31. The quantitative estimate of drug-likeness (QED) is 0.713. The van der Waals surface area contributed by atoms with Gasteiger partial charge in [0, 0.05) is 19.6 Å². The van der Waals surface area contributed by atoms with Gasteiger partial charge in [-0.2, -0.15) is 0 Å². The van der Waals surface area contributed by atoms with Crippen LogP contribution in [0.4, 0.5) is 0 Å². The number of carboxylic acids is 1. The standard InChI is InChI=1S/C10H20N2O2/c1-9(10(13)14)8-12-5-3-4-11(2)6-7-12/h9H,3-8H2,1-2H3,(H,13,14). The summed E-state index contributed by atoms with van der Waals surface area (Å²) in [5.41, 5.74) is 0. The molecule has 4 heteroatoms. The molecule has 0 radical (unpaired) electrons. The van der Waals surface area contributed by atoms with Crippen molar-refractivity contribution in [3.63, 3.8) is 0 Å². The van der Waals surface area contributed by atoms with Gasteiger partial charge in [-0.1, -0.05) is 6.92 Å². The van der Waals surface area contributed by atoms with Crippen molar-refractivity contribution in [1.82, 2.24) is 9.80 Å². The van der Waals surface area contributed by atoms with Gasteiger partial charge >= 0.3 is 5.97 Å². The molecule has 0 amide bonds. The molecule has 0 aromatic rings. The third-order valence-electron chi connectivity index (χ3n) is 2.77. The Bertz CT molecular complexity index is 197. The highest BCUT2D eigenvalue weighted by atomic mass is 16.4. The van der Waals surface area contributed by atoms with Gasteiger partial charge in [-0.25, -0.2) is 0 Å². The van der Waals surface area contributed by atoms with Gasteiger partial charge in [0.1, 0.15) is 0 Å². The lowest BCUT2D eigenvalue weighted by Gasteiger charge is -2.21. The number of carboxylic acid groups (broad SMARTS) is 1. The summed E-state index contributed by atoms with van der Waals surface area (Å²) in [6.07, 6.45) is 1.14. The molecule has 1 heterocycles. The SMILES string of the molecule is CC(CN1CCCN(C)CC1)C(=O)O. The Hall–Kier alpha value is -0.610. The summed E-state index contributed by atoms with van der Waals surface area (Å²) in [4.78, 5) is 15.2. The van der Waals surface area contributed by atoms with Crippen LogP contribution in [0.1, 0.15) is 13.3 Å². The van der Waals surface area contributed by atoms with E-state index in [1.165, 1.54) is 0 Å². The van der Waals surface area contributed by atoms with Crippen LogP contribution in [-0.2, 0) is 4.79 Å². The van der Waals surface area contributed by atoms with Gasteiger partial charge < -0.3 is 14.9 Å². The van der Waals surface area contributed by atoms with Gasteiger partial charge in [-0.3, -0.25) is 4.79 Å². The van der Waals surface area contributed by atoms with E-state index in [4.69, 9.17) is 5.11 Å². The van der Waals surface area contributed by atoms with Crippen LogP contribution in [0.25, 0.3) is 0 Å². The van der Waals surface area contributed by atoms with Gasteiger partial charge in [0.05, 0.1) is 5.92 Å². The number of rotatable bonds is 3. The number of aliphatic carboxylic acids is 1. The Kier molecular flexibility index (Phi) is 4.35. The second-order valence-electron chi connectivity index (χ2n) is 4.20. The zero-order chi connectivity index (χ0) is 10.6. The molecule has 1 aliphatic heterocycles. The van der Waals surface area contributed by atoms with Crippen LogP contribution < -0.4 is 0 Å². The Balaban J connectivity index is 2.33. The lowest BCUT2D eigenvalue weighted by molar-refractivity contribution is -0.141. The molecule has 1 aliphatic rings. The molecule has 1 rings (SSSR count). The molecule has 0 aliphatic carbocycles. The van der Waals surface area contributed by atoms with Crippen LogP contribution in [0.15, 0.2) is 0 Å². The summed E-state index contributed by atoms with van der Waals surface area (Å²) >= 11 is 0. The lowest BCUT2D eigenvalue weighted by atomic mass is 10.1. The molecule has 0 aromatic heterocycles. The summed E-state index contributed by atoms with van der Waals surface area (Å²) in [5, 5.41) is 8.80. The van der Waals surface area contributed by atoms with E-state index >= 15 is 0 Å². The van der Waals surface area contributed by atoms with E-state index in [1.807, 2.05) is 0 Å². The van der Waals surface area contributed by atoms with Gasteiger partial charge in [-0.05, 0) is 26.6 Å². The van der Waals surface area contributed by atoms with Crippen LogP contribution >= 0.6 is 0 Å². The predicted octanol–water partition coefficient (Wildman–Crippen LogP) is 0.345. The van der Waals surface area contributed by atoms with Crippen molar-refractivity contribution >= 4 is 5.97 Å². The van der Waals surface area contributed by atoms with E-state index in [-0.39, 0.29) is 5.92 Å². The highest BCUT2D eigenvalue weighted by molar-refractivity contribution is 5.69. The first kappa shape index (κ1) is 11.5. The third kappa shape index (κ3) is 3.64. The summed E-state index contributed by atoms with van der Waals surface area (Å²) in [6, 6.07) is 0. The molecule has 0 aromatic carbocycles. The van der Waals surface area contributed by atoms with E-state index in [0.29, 0.717) is 6.54 Å². The van der Waals surface area contributed by atoms with Crippen molar-refractivity contribution in [1.29, 1.82) is 0 Å². The topological polar surface area (TPSA) is 43.8 Å². The third-order valence-corrected chi connectivity index (χ3v) is 2.77. The maximum absolute atomic E-state index is 10.7. The molecule has 1 N–H and O–H groups in total. The zero-order valence-corrected chi connectivity index (χ0v) is 9.07. The van der Waals surface area contributed by atoms with Crippen molar-refractivity contribution in [3.05, 3.63) is 0 Å². The highest BCUT2D eigenvalue weighted by Crippen LogP contribution is 2.05. The fraction of sp³-hybridized carbons (Fsp3) is 0.900.